The smallest absolute Gasteiger partial charge is 0.0467 e. The normalized spacial score (nSPS) is 14.8. The second-order valence-corrected chi connectivity index (χ2v) is 17.3. The highest BCUT2D eigenvalue weighted by Gasteiger charge is 2.43. The Bertz CT molecular complexity index is 2610. The van der Waals surface area contributed by atoms with Gasteiger partial charge in [0.05, 0.1) is 0 Å². The molecule has 9 rings (SSSR count). The molecule has 7 aromatic rings. The number of fused-ring (bicyclic) bond motifs is 6. The van der Waals surface area contributed by atoms with Crippen LogP contribution in [0.1, 0.15) is 94.8 Å². The Kier molecular flexibility index (Phi) is 8.28. The summed E-state index contributed by atoms with van der Waals surface area (Å²) in [5.41, 5.74) is 24.0. The minimum atomic E-state index is -0.165. The first-order valence-electron chi connectivity index (χ1n) is 19.9. The summed E-state index contributed by atoms with van der Waals surface area (Å²) in [7, 11) is 0. The minimum Gasteiger partial charge on any atom is -0.310 e. The lowest BCUT2D eigenvalue weighted by atomic mass is 9.78. The van der Waals surface area contributed by atoms with E-state index in [0.29, 0.717) is 0 Å². The molecule has 0 aliphatic heterocycles. The van der Waals surface area contributed by atoms with Gasteiger partial charge in [-0.15, -0.1) is 0 Å². The van der Waals surface area contributed by atoms with E-state index in [-0.39, 0.29) is 16.7 Å². The predicted octanol–water partition coefficient (Wildman–Crippen LogP) is 14.4. The van der Waals surface area contributed by atoms with Crippen LogP contribution in [-0.2, 0) is 17.3 Å². The summed E-state index contributed by atoms with van der Waals surface area (Å²) in [4.78, 5) is 2.42. The molecule has 0 N–H and O–H groups in total. The van der Waals surface area contributed by atoms with Crippen molar-refractivity contribution in [3.05, 3.63) is 207 Å². The Labute approximate surface area is 328 Å². The van der Waals surface area contributed by atoms with Crippen LogP contribution in [0, 0.1) is 27.7 Å². The van der Waals surface area contributed by atoms with Crippen molar-refractivity contribution in [2.24, 2.45) is 0 Å². The number of para-hydroxylation sites is 1. The molecule has 272 valence electrons. The van der Waals surface area contributed by atoms with Crippen LogP contribution in [0.15, 0.2) is 146 Å². The van der Waals surface area contributed by atoms with Crippen molar-refractivity contribution in [1.29, 1.82) is 0 Å². The Morgan fingerprint density at radius 2 is 0.982 bits per heavy atom. The summed E-state index contributed by atoms with van der Waals surface area (Å²) in [5, 5.41) is 0. The molecule has 0 saturated heterocycles. The first-order chi connectivity index (χ1) is 26.4. The van der Waals surface area contributed by atoms with Gasteiger partial charge >= 0.3 is 0 Å². The zero-order valence-corrected chi connectivity index (χ0v) is 33.6. The average molecular weight is 714 g/mol. The van der Waals surface area contributed by atoms with Crippen LogP contribution in [0.4, 0.5) is 17.1 Å². The molecule has 0 bridgehead atoms. The Morgan fingerprint density at radius 3 is 1.60 bits per heavy atom. The lowest BCUT2D eigenvalue weighted by Gasteiger charge is -2.29. The number of hydrogen-bond acceptors (Lipinski definition) is 1. The fraction of sp³-hybridized carbons (Fsp3) is 0.222. The lowest BCUT2D eigenvalue weighted by Crippen LogP contribution is -2.18. The first-order valence-corrected chi connectivity index (χ1v) is 19.9. The maximum absolute atomic E-state index is 2.57. The molecule has 1 heteroatoms. The molecule has 1 nitrogen and oxygen atoms in total. The number of rotatable bonds is 7. The molecule has 0 saturated carbocycles. The molecule has 0 radical (unpaired) electrons. The summed E-state index contributed by atoms with van der Waals surface area (Å²) in [6.07, 6.45) is 0.974. The third kappa shape index (κ3) is 5.75. The van der Waals surface area contributed by atoms with Gasteiger partial charge in [-0.1, -0.05) is 130 Å². The highest BCUT2D eigenvalue weighted by molar-refractivity contribution is 5.93. The Morgan fingerprint density at radius 1 is 0.436 bits per heavy atom. The highest BCUT2D eigenvalue weighted by Crippen LogP contribution is 2.58. The fourth-order valence-electron chi connectivity index (χ4n) is 9.91. The molecule has 2 aliphatic rings. The maximum Gasteiger partial charge on any atom is 0.0467 e. The van der Waals surface area contributed by atoms with Crippen molar-refractivity contribution in [2.45, 2.75) is 78.6 Å². The average Bonchev–Trinajstić information content (AvgIpc) is 3.53. The quantitative estimate of drug-likeness (QED) is 0.159. The van der Waals surface area contributed by atoms with E-state index in [0.717, 1.165) is 6.42 Å². The molecular formula is C54H51N. The molecule has 0 amide bonds. The second-order valence-electron chi connectivity index (χ2n) is 17.3. The predicted molar refractivity (Wildman–Crippen MR) is 234 cm³/mol. The number of benzene rings is 7. The number of aryl methyl sites for hydroxylation is 4. The molecule has 0 spiro atoms. The van der Waals surface area contributed by atoms with Crippen LogP contribution < -0.4 is 4.90 Å². The van der Waals surface area contributed by atoms with Gasteiger partial charge in [0.1, 0.15) is 0 Å². The Hall–Kier alpha value is -5.66. The van der Waals surface area contributed by atoms with Gasteiger partial charge in [-0.2, -0.15) is 0 Å². The molecule has 1 unspecified atom stereocenters. The summed E-state index contributed by atoms with van der Waals surface area (Å²) < 4.78 is 0. The number of hydrogen-bond donors (Lipinski definition) is 0. The van der Waals surface area contributed by atoms with Gasteiger partial charge in [0.15, 0.2) is 0 Å². The minimum absolute atomic E-state index is 0.139. The van der Waals surface area contributed by atoms with Gasteiger partial charge in [0, 0.05) is 33.8 Å². The molecular weight excluding hydrogens is 663 g/mol. The summed E-state index contributed by atoms with van der Waals surface area (Å²) in [5.74, 6) is 0.272. The largest absolute Gasteiger partial charge is 0.310 e. The van der Waals surface area contributed by atoms with E-state index in [1.807, 2.05) is 0 Å². The third-order valence-electron chi connectivity index (χ3n) is 12.7. The van der Waals surface area contributed by atoms with E-state index in [1.54, 1.807) is 0 Å². The summed E-state index contributed by atoms with van der Waals surface area (Å²) in [6, 6.07) is 54.9. The molecule has 0 aromatic heterocycles. The van der Waals surface area contributed by atoms with Crippen molar-refractivity contribution in [1.82, 2.24) is 0 Å². The molecule has 2 aliphatic carbocycles. The van der Waals surface area contributed by atoms with Crippen LogP contribution in [0.2, 0.25) is 0 Å². The maximum atomic E-state index is 2.57. The van der Waals surface area contributed by atoms with E-state index in [9.17, 15) is 0 Å². The van der Waals surface area contributed by atoms with Crippen LogP contribution in [0.3, 0.4) is 0 Å². The van der Waals surface area contributed by atoms with Gasteiger partial charge in [0.25, 0.3) is 0 Å². The fourth-order valence-corrected chi connectivity index (χ4v) is 9.91. The van der Waals surface area contributed by atoms with Gasteiger partial charge in [0.2, 0.25) is 0 Å². The van der Waals surface area contributed by atoms with Crippen molar-refractivity contribution in [3.8, 4) is 22.3 Å². The summed E-state index contributed by atoms with van der Waals surface area (Å²) >= 11 is 0. The SMILES string of the molecule is Cc1cccc(C(Cc2ccccc2)c2cc(C)c3c(c2)C(C)(C)c2cc4c(cc2-3)C(C)(C)c2cc(N(c3ccccc3)c3cccc(C)c3)cc(C)c2-4)c1. The zero-order valence-electron chi connectivity index (χ0n) is 33.6. The van der Waals surface area contributed by atoms with Gasteiger partial charge in [-0.25, -0.2) is 0 Å². The Balaban J connectivity index is 1.17. The monoisotopic (exact) mass is 713 g/mol. The van der Waals surface area contributed by atoms with Crippen LogP contribution in [-0.4, -0.2) is 0 Å². The molecule has 55 heavy (non-hydrogen) atoms. The summed E-state index contributed by atoms with van der Waals surface area (Å²) in [6.45, 7) is 18.8. The van der Waals surface area contributed by atoms with Gasteiger partial charge in [-0.3, -0.25) is 0 Å². The zero-order chi connectivity index (χ0) is 38.2. The third-order valence-corrected chi connectivity index (χ3v) is 12.7. The second kappa shape index (κ2) is 13.0. The van der Waals surface area contributed by atoms with Gasteiger partial charge < -0.3 is 4.90 Å². The molecule has 0 fully saturated rings. The first kappa shape index (κ1) is 35.1. The number of anilines is 3. The van der Waals surface area contributed by atoms with Crippen molar-refractivity contribution in [2.75, 3.05) is 4.90 Å². The molecule has 1 atom stereocenters. The molecule has 7 aromatic carbocycles. The standard InChI is InChI=1S/C54H51N/c1-34-17-15-21-39(25-34)44(29-38-19-11-9-12-20-38)40-27-36(3)51-45-32-48-46(33-47(45)53(5,6)49(51)30-40)52-37(4)28-43(31-50(52)54(48,7)8)55(41-22-13-10-14-23-41)42-24-16-18-35(2)26-42/h9-28,30-33,44H,29H2,1-8H3. The van der Waals surface area contributed by atoms with Crippen molar-refractivity contribution >= 4 is 17.1 Å². The van der Waals surface area contributed by atoms with E-state index >= 15 is 0 Å². The van der Waals surface area contributed by atoms with Crippen LogP contribution in [0.5, 0.6) is 0 Å². The van der Waals surface area contributed by atoms with E-state index in [1.165, 1.54) is 101 Å². The van der Waals surface area contributed by atoms with E-state index in [4.69, 9.17) is 0 Å². The number of nitrogens with zero attached hydrogens (tertiary/aromatic N) is 1. The molecule has 0 heterocycles. The van der Waals surface area contributed by atoms with Crippen molar-refractivity contribution < 1.29 is 0 Å². The highest BCUT2D eigenvalue weighted by atomic mass is 15.1. The van der Waals surface area contributed by atoms with Crippen LogP contribution >= 0.6 is 0 Å². The topological polar surface area (TPSA) is 3.24 Å². The van der Waals surface area contributed by atoms with E-state index in [2.05, 4.69) is 206 Å². The van der Waals surface area contributed by atoms with Gasteiger partial charge in [-0.05, 0) is 161 Å². The van der Waals surface area contributed by atoms with E-state index < -0.39 is 0 Å². The lowest BCUT2D eigenvalue weighted by molar-refractivity contribution is 0.650. The van der Waals surface area contributed by atoms with Crippen LogP contribution in [0.25, 0.3) is 22.3 Å². The van der Waals surface area contributed by atoms with Crippen molar-refractivity contribution in [3.63, 3.8) is 0 Å².